The van der Waals surface area contributed by atoms with Gasteiger partial charge in [-0.2, -0.15) is 0 Å². The van der Waals surface area contributed by atoms with E-state index < -0.39 is 0 Å². The number of nitrogens with one attached hydrogen (secondary N) is 2. The van der Waals surface area contributed by atoms with Crippen LogP contribution in [0.5, 0.6) is 5.75 Å². The van der Waals surface area contributed by atoms with Crippen molar-refractivity contribution in [1.82, 2.24) is 15.6 Å². The highest BCUT2D eigenvalue weighted by molar-refractivity contribution is 14.0. The van der Waals surface area contributed by atoms with Crippen LogP contribution in [0.25, 0.3) is 11.3 Å². The number of hydrogen-bond donors (Lipinski definition) is 2. The molecule has 154 valence electrons. The Bertz CT molecular complexity index is 905. The molecule has 0 aliphatic carbocycles. The molecule has 0 atom stereocenters. The molecule has 3 aromatic rings. The molecule has 2 N–H and O–H groups in total. The van der Waals surface area contributed by atoms with Gasteiger partial charge in [0.15, 0.2) is 11.7 Å². The first-order valence-corrected chi connectivity index (χ1v) is 9.34. The summed E-state index contributed by atoms with van der Waals surface area (Å²) >= 11 is 0. The van der Waals surface area contributed by atoms with Crippen LogP contribution >= 0.6 is 24.0 Å². The number of guanidine groups is 1. The van der Waals surface area contributed by atoms with Gasteiger partial charge in [0, 0.05) is 12.1 Å². The normalized spacial score (nSPS) is 10.9. The van der Waals surface area contributed by atoms with Gasteiger partial charge in [-0.15, -0.1) is 24.0 Å². The number of aryl methyl sites for hydroxylation is 1. The average molecular weight is 506 g/mol. The third kappa shape index (κ3) is 6.77. The molecule has 7 heteroatoms. The second kappa shape index (κ2) is 11.5. The lowest BCUT2D eigenvalue weighted by Gasteiger charge is -2.10. The first-order valence-electron chi connectivity index (χ1n) is 9.34. The molecule has 0 spiro atoms. The first kappa shape index (κ1) is 22.7. The SMILES string of the molecule is CCNC(=NCc1ccc(OC)cc1)NCc1ncc(-c2ccc(C)cc2)o1.I. The summed E-state index contributed by atoms with van der Waals surface area (Å²) in [6.45, 7) is 5.90. The molecule has 0 radical (unpaired) electrons. The fourth-order valence-corrected chi connectivity index (χ4v) is 2.65. The number of oxazole rings is 1. The Morgan fingerprint density at radius 1 is 1.07 bits per heavy atom. The van der Waals surface area contributed by atoms with Gasteiger partial charge in [0.25, 0.3) is 0 Å². The van der Waals surface area contributed by atoms with Crippen molar-refractivity contribution in [2.45, 2.75) is 26.9 Å². The van der Waals surface area contributed by atoms with Crippen LogP contribution in [0, 0.1) is 6.92 Å². The van der Waals surface area contributed by atoms with Crippen LogP contribution in [0.1, 0.15) is 23.9 Å². The smallest absolute Gasteiger partial charge is 0.214 e. The summed E-state index contributed by atoms with van der Waals surface area (Å²) in [5, 5.41) is 6.50. The lowest BCUT2D eigenvalue weighted by atomic mass is 10.1. The van der Waals surface area contributed by atoms with Crippen molar-refractivity contribution in [2.75, 3.05) is 13.7 Å². The zero-order valence-electron chi connectivity index (χ0n) is 16.9. The molecule has 1 heterocycles. The molecule has 2 aromatic carbocycles. The van der Waals surface area contributed by atoms with Crippen LogP contribution in [0.15, 0.2) is 64.1 Å². The van der Waals surface area contributed by atoms with Crippen LogP contribution in [-0.2, 0) is 13.1 Å². The molecule has 0 saturated heterocycles. The van der Waals surface area contributed by atoms with Gasteiger partial charge in [-0.1, -0.05) is 42.0 Å². The van der Waals surface area contributed by atoms with Crippen molar-refractivity contribution < 1.29 is 9.15 Å². The quantitative estimate of drug-likeness (QED) is 0.280. The van der Waals surface area contributed by atoms with E-state index in [1.807, 2.05) is 43.3 Å². The molecular formula is C22H27IN4O2. The molecule has 0 fully saturated rings. The third-order valence-corrected chi connectivity index (χ3v) is 4.22. The Labute approximate surface area is 188 Å². The van der Waals surface area contributed by atoms with Gasteiger partial charge in [0.2, 0.25) is 5.89 Å². The van der Waals surface area contributed by atoms with E-state index in [0.29, 0.717) is 24.9 Å². The van der Waals surface area contributed by atoms with Crippen LogP contribution < -0.4 is 15.4 Å². The number of ether oxygens (including phenoxy) is 1. The molecule has 6 nitrogen and oxygen atoms in total. The summed E-state index contributed by atoms with van der Waals surface area (Å²) in [5.74, 6) is 2.93. The average Bonchev–Trinajstić information content (AvgIpc) is 3.20. The van der Waals surface area contributed by atoms with E-state index in [-0.39, 0.29) is 24.0 Å². The minimum absolute atomic E-state index is 0. The predicted octanol–water partition coefficient (Wildman–Crippen LogP) is 4.53. The monoisotopic (exact) mass is 506 g/mol. The Hall–Kier alpha value is -2.55. The predicted molar refractivity (Wildman–Crippen MR) is 127 cm³/mol. The van der Waals surface area contributed by atoms with Crippen molar-refractivity contribution >= 4 is 29.9 Å². The van der Waals surface area contributed by atoms with E-state index >= 15 is 0 Å². The highest BCUT2D eigenvalue weighted by atomic mass is 127. The zero-order valence-corrected chi connectivity index (χ0v) is 19.3. The van der Waals surface area contributed by atoms with Crippen LogP contribution in [0.2, 0.25) is 0 Å². The number of aliphatic imine (C=N–C) groups is 1. The van der Waals surface area contributed by atoms with Crippen molar-refractivity contribution in [3.63, 3.8) is 0 Å². The van der Waals surface area contributed by atoms with Gasteiger partial charge in [0.1, 0.15) is 5.75 Å². The maximum Gasteiger partial charge on any atom is 0.214 e. The topological polar surface area (TPSA) is 71.7 Å². The second-order valence-corrected chi connectivity index (χ2v) is 6.38. The molecule has 0 amide bonds. The summed E-state index contributed by atoms with van der Waals surface area (Å²) in [7, 11) is 1.66. The highest BCUT2D eigenvalue weighted by Crippen LogP contribution is 2.20. The van der Waals surface area contributed by atoms with Gasteiger partial charge in [-0.3, -0.25) is 0 Å². The fourth-order valence-electron chi connectivity index (χ4n) is 2.65. The van der Waals surface area contributed by atoms with E-state index in [1.165, 1.54) is 5.56 Å². The van der Waals surface area contributed by atoms with Gasteiger partial charge in [-0.05, 0) is 31.5 Å². The van der Waals surface area contributed by atoms with Crippen molar-refractivity contribution in [3.05, 3.63) is 71.7 Å². The van der Waals surface area contributed by atoms with E-state index in [0.717, 1.165) is 29.2 Å². The molecule has 0 aliphatic heterocycles. The second-order valence-electron chi connectivity index (χ2n) is 6.38. The maximum atomic E-state index is 5.86. The van der Waals surface area contributed by atoms with Crippen LogP contribution in [0.4, 0.5) is 0 Å². The molecule has 0 unspecified atom stereocenters. The minimum Gasteiger partial charge on any atom is -0.497 e. The first-order chi connectivity index (χ1) is 13.7. The summed E-state index contributed by atoms with van der Waals surface area (Å²) in [6, 6.07) is 16.1. The van der Waals surface area contributed by atoms with Crippen LogP contribution in [-0.4, -0.2) is 24.6 Å². The third-order valence-electron chi connectivity index (χ3n) is 4.22. The molecule has 0 bridgehead atoms. The highest BCUT2D eigenvalue weighted by Gasteiger charge is 2.07. The summed E-state index contributed by atoms with van der Waals surface area (Å²) in [4.78, 5) is 8.97. The molecule has 3 rings (SSSR count). The number of hydrogen-bond acceptors (Lipinski definition) is 4. The van der Waals surface area contributed by atoms with Crippen molar-refractivity contribution in [3.8, 4) is 17.1 Å². The molecule has 1 aromatic heterocycles. The summed E-state index contributed by atoms with van der Waals surface area (Å²) in [6.07, 6.45) is 1.75. The number of halogens is 1. The molecule has 29 heavy (non-hydrogen) atoms. The number of aromatic nitrogens is 1. The van der Waals surface area contributed by atoms with E-state index in [2.05, 4.69) is 39.7 Å². The van der Waals surface area contributed by atoms with E-state index in [1.54, 1.807) is 13.3 Å². The van der Waals surface area contributed by atoms with Gasteiger partial charge in [-0.25, -0.2) is 9.98 Å². The van der Waals surface area contributed by atoms with E-state index in [9.17, 15) is 0 Å². The minimum atomic E-state index is 0. The summed E-state index contributed by atoms with van der Waals surface area (Å²) in [5.41, 5.74) is 3.34. The van der Waals surface area contributed by atoms with Gasteiger partial charge in [0.05, 0.1) is 26.4 Å². The number of rotatable bonds is 7. The Morgan fingerprint density at radius 3 is 2.45 bits per heavy atom. The van der Waals surface area contributed by atoms with Crippen LogP contribution in [0.3, 0.4) is 0 Å². The van der Waals surface area contributed by atoms with Gasteiger partial charge < -0.3 is 19.8 Å². The van der Waals surface area contributed by atoms with Crippen molar-refractivity contribution in [1.29, 1.82) is 0 Å². The zero-order chi connectivity index (χ0) is 19.8. The van der Waals surface area contributed by atoms with E-state index in [4.69, 9.17) is 9.15 Å². The molecule has 0 aliphatic rings. The van der Waals surface area contributed by atoms with Gasteiger partial charge >= 0.3 is 0 Å². The summed E-state index contributed by atoms with van der Waals surface area (Å²) < 4.78 is 11.0. The fraction of sp³-hybridized carbons (Fsp3) is 0.273. The Morgan fingerprint density at radius 2 is 1.79 bits per heavy atom. The molecular weight excluding hydrogens is 479 g/mol. The lowest BCUT2D eigenvalue weighted by molar-refractivity contribution is 0.414. The Kier molecular flexibility index (Phi) is 8.98. The van der Waals surface area contributed by atoms with Crippen molar-refractivity contribution in [2.24, 2.45) is 4.99 Å². The molecule has 0 saturated carbocycles. The lowest BCUT2D eigenvalue weighted by Crippen LogP contribution is -2.36. The maximum absolute atomic E-state index is 5.86. The largest absolute Gasteiger partial charge is 0.497 e. The number of benzene rings is 2. The standard InChI is InChI=1S/C22H26N4O2.HI/c1-4-23-22(25-13-17-7-11-19(27-3)12-8-17)26-15-21-24-14-20(28-21)18-9-5-16(2)6-10-18;/h5-12,14H,4,13,15H2,1-3H3,(H2,23,25,26);1H. The Balaban J connectivity index is 0.00000300. The number of methoxy groups -OCH3 is 1. The number of nitrogens with zero attached hydrogens (tertiary/aromatic N) is 2.